The van der Waals surface area contributed by atoms with E-state index in [1.165, 1.54) is 0 Å². The normalized spacial score (nSPS) is 10.9. The first kappa shape index (κ1) is 20.4. The lowest BCUT2D eigenvalue weighted by Crippen LogP contribution is -2.20. The van der Waals surface area contributed by atoms with Crippen molar-refractivity contribution in [3.05, 3.63) is 94.0 Å². The molecular weight excluding hydrogens is 428 g/mol. The van der Waals surface area contributed by atoms with Gasteiger partial charge in [0.2, 0.25) is 0 Å². The van der Waals surface area contributed by atoms with Crippen LogP contribution in [0.1, 0.15) is 16.7 Å². The smallest absolute Gasteiger partial charge is 0.262 e. The molecule has 0 aromatic heterocycles. The van der Waals surface area contributed by atoms with Gasteiger partial charge >= 0.3 is 0 Å². The highest BCUT2D eigenvalue weighted by Gasteiger charge is 2.08. The quantitative estimate of drug-likeness (QED) is 0.382. The predicted molar refractivity (Wildman–Crippen MR) is 119 cm³/mol. The molecule has 1 N–H and O–H groups in total. The van der Waals surface area contributed by atoms with E-state index in [2.05, 4.69) is 27.3 Å². The average molecular weight is 447 g/mol. The van der Waals surface area contributed by atoms with Crippen LogP contribution in [0.3, 0.4) is 0 Å². The summed E-state index contributed by atoms with van der Waals surface area (Å²) in [7, 11) is 0. The van der Waals surface area contributed by atoms with Crippen LogP contribution in [0.5, 0.6) is 5.75 Å². The third-order valence-electron chi connectivity index (χ3n) is 4.17. The number of ether oxygens (including phenoxy) is 1. The fraction of sp³-hybridized carbons (Fsp3) is 0.0833. The first-order chi connectivity index (χ1) is 14.0. The monoisotopic (exact) mass is 446 g/mol. The van der Waals surface area contributed by atoms with Gasteiger partial charge in [-0.3, -0.25) is 4.79 Å². The average Bonchev–Trinajstić information content (AvgIpc) is 2.73. The number of halogens is 1. The Hall–Kier alpha value is -3.36. The van der Waals surface area contributed by atoms with Crippen LogP contribution < -0.4 is 10.1 Å². The maximum absolute atomic E-state index is 12.0. The fourth-order valence-corrected chi connectivity index (χ4v) is 3.18. The maximum atomic E-state index is 12.0. The summed E-state index contributed by atoms with van der Waals surface area (Å²) in [6.07, 6.45) is 1.82. The number of benzene rings is 3. The Kier molecular flexibility index (Phi) is 6.83. The first-order valence-corrected chi connectivity index (χ1v) is 9.80. The highest BCUT2D eigenvalue weighted by Crippen LogP contribution is 2.28. The topological polar surface area (TPSA) is 62.1 Å². The van der Waals surface area contributed by atoms with Crippen molar-refractivity contribution in [2.75, 3.05) is 11.9 Å². The van der Waals surface area contributed by atoms with Crippen LogP contribution in [0.25, 0.3) is 11.6 Å². The summed E-state index contributed by atoms with van der Waals surface area (Å²) in [4.78, 5) is 12.0. The molecule has 0 bridgehead atoms. The second-order valence-electron chi connectivity index (χ2n) is 6.43. The Labute approximate surface area is 178 Å². The number of carbonyl (C=O) groups is 1. The number of hydrogen-bond acceptors (Lipinski definition) is 3. The van der Waals surface area contributed by atoms with Gasteiger partial charge in [-0.1, -0.05) is 54.1 Å². The Bertz CT molecular complexity index is 1070. The van der Waals surface area contributed by atoms with E-state index in [1.807, 2.05) is 79.7 Å². The van der Waals surface area contributed by atoms with Crippen molar-refractivity contribution in [2.45, 2.75) is 6.92 Å². The lowest BCUT2D eigenvalue weighted by atomic mass is 10.0. The number of para-hydroxylation sites is 1. The van der Waals surface area contributed by atoms with Crippen molar-refractivity contribution in [1.29, 1.82) is 5.26 Å². The molecule has 0 aliphatic heterocycles. The van der Waals surface area contributed by atoms with E-state index < -0.39 is 0 Å². The number of anilines is 1. The molecule has 0 aliphatic carbocycles. The molecule has 0 atom stereocenters. The van der Waals surface area contributed by atoms with Crippen LogP contribution in [0.4, 0.5) is 5.69 Å². The summed E-state index contributed by atoms with van der Waals surface area (Å²) >= 11 is 3.47. The van der Waals surface area contributed by atoms with E-state index >= 15 is 0 Å². The number of rotatable bonds is 6. The van der Waals surface area contributed by atoms with E-state index in [9.17, 15) is 10.1 Å². The van der Waals surface area contributed by atoms with E-state index in [4.69, 9.17) is 4.74 Å². The molecule has 5 heteroatoms. The minimum Gasteiger partial charge on any atom is -0.483 e. The molecule has 0 fully saturated rings. The Morgan fingerprint density at radius 2 is 1.83 bits per heavy atom. The highest BCUT2D eigenvalue weighted by atomic mass is 79.9. The number of allylic oxidation sites excluding steroid dienone is 1. The fourth-order valence-electron chi connectivity index (χ4n) is 2.67. The number of nitrogens with zero attached hydrogens (tertiary/aromatic N) is 1. The minimum atomic E-state index is -0.238. The molecule has 3 aromatic carbocycles. The molecule has 0 spiro atoms. The summed E-state index contributed by atoms with van der Waals surface area (Å²) in [5, 5.41) is 12.3. The van der Waals surface area contributed by atoms with Gasteiger partial charge in [0.15, 0.2) is 6.61 Å². The Morgan fingerprint density at radius 1 is 1.10 bits per heavy atom. The minimum absolute atomic E-state index is 0.102. The molecule has 0 heterocycles. The summed E-state index contributed by atoms with van der Waals surface area (Å²) in [6, 6.07) is 24.8. The van der Waals surface area contributed by atoms with Crippen molar-refractivity contribution in [1.82, 2.24) is 0 Å². The van der Waals surface area contributed by atoms with Gasteiger partial charge in [-0.2, -0.15) is 5.26 Å². The first-order valence-electron chi connectivity index (χ1n) is 9.01. The van der Waals surface area contributed by atoms with Crippen molar-refractivity contribution in [3.63, 3.8) is 0 Å². The third kappa shape index (κ3) is 5.81. The molecule has 0 unspecified atom stereocenters. The number of amides is 1. The molecule has 144 valence electrons. The van der Waals surface area contributed by atoms with Crippen LogP contribution in [-0.2, 0) is 4.79 Å². The van der Waals surface area contributed by atoms with Gasteiger partial charge in [-0.25, -0.2) is 0 Å². The summed E-state index contributed by atoms with van der Waals surface area (Å²) in [6.45, 7) is 1.91. The number of nitrogens with one attached hydrogen (secondary N) is 1. The molecule has 3 rings (SSSR count). The summed E-state index contributed by atoms with van der Waals surface area (Å²) < 4.78 is 6.32. The van der Waals surface area contributed by atoms with Crippen LogP contribution in [0, 0.1) is 18.3 Å². The lowest BCUT2D eigenvalue weighted by Gasteiger charge is -2.10. The molecule has 0 aliphatic rings. The molecule has 0 saturated heterocycles. The molecule has 1 amide bonds. The van der Waals surface area contributed by atoms with Crippen LogP contribution in [0.15, 0.2) is 77.3 Å². The zero-order valence-corrected chi connectivity index (χ0v) is 17.4. The molecule has 29 heavy (non-hydrogen) atoms. The van der Waals surface area contributed by atoms with Crippen molar-refractivity contribution < 1.29 is 9.53 Å². The van der Waals surface area contributed by atoms with Gasteiger partial charge in [0.25, 0.3) is 5.91 Å². The van der Waals surface area contributed by atoms with E-state index in [-0.39, 0.29) is 12.5 Å². The molecular formula is C24H19BrN2O2. The van der Waals surface area contributed by atoms with Crippen molar-refractivity contribution in [3.8, 4) is 11.8 Å². The van der Waals surface area contributed by atoms with Gasteiger partial charge < -0.3 is 10.1 Å². The van der Waals surface area contributed by atoms with Crippen LogP contribution in [0.2, 0.25) is 0 Å². The zero-order chi connectivity index (χ0) is 20.6. The van der Waals surface area contributed by atoms with Gasteiger partial charge in [0, 0.05) is 5.69 Å². The van der Waals surface area contributed by atoms with E-state index in [0.29, 0.717) is 15.8 Å². The van der Waals surface area contributed by atoms with Crippen molar-refractivity contribution in [2.24, 2.45) is 0 Å². The molecule has 3 aromatic rings. The largest absolute Gasteiger partial charge is 0.483 e. The van der Waals surface area contributed by atoms with E-state index in [1.54, 1.807) is 6.07 Å². The van der Waals surface area contributed by atoms with E-state index in [0.717, 1.165) is 22.4 Å². The summed E-state index contributed by atoms with van der Waals surface area (Å²) in [5.74, 6) is 0.317. The van der Waals surface area contributed by atoms with Gasteiger partial charge in [-0.15, -0.1) is 0 Å². The van der Waals surface area contributed by atoms with Gasteiger partial charge in [0.05, 0.1) is 16.1 Å². The lowest BCUT2D eigenvalue weighted by molar-refractivity contribution is -0.118. The second kappa shape index (κ2) is 9.72. The predicted octanol–water partition coefficient (Wildman–Crippen LogP) is 5.84. The maximum Gasteiger partial charge on any atom is 0.262 e. The van der Waals surface area contributed by atoms with Crippen LogP contribution in [-0.4, -0.2) is 12.5 Å². The number of carbonyl (C=O) groups excluding carboxylic acids is 1. The van der Waals surface area contributed by atoms with Crippen LogP contribution >= 0.6 is 15.9 Å². The molecule has 4 nitrogen and oxygen atoms in total. The standard InChI is InChI=1S/C24H19BrN2O2/c1-17-7-10-19(11-8-17)20(15-26)13-18-9-12-23(22(25)14-18)29-16-24(28)27-21-5-3-2-4-6-21/h2-14H,16H2,1H3,(H,27,28)/b20-13-. The highest BCUT2D eigenvalue weighted by molar-refractivity contribution is 9.10. The molecule has 0 saturated carbocycles. The second-order valence-corrected chi connectivity index (χ2v) is 7.28. The van der Waals surface area contributed by atoms with Gasteiger partial charge in [0.1, 0.15) is 5.75 Å². The number of hydrogen-bond donors (Lipinski definition) is 1. The zero-order valence-electron chi connectivity index (χ0n) is 15.9. The Balaban J connectivity index is 1.67. The Morgan fingerprint density at radius 3 is 2.48 bits per heavy atom. The number of nitriles is 1. The van der Waals surface area contributed by atoms with Crippen molar-refractivity contribution >= 4 is 39.2 Å². The summed E-state index contributed by atoms with van der Waals surface area (Å²) in [5.41, 5.74) is 4.17. The van der Waals surface area contributed by atoms with Gasteiger partial charge in [-0.05, 0) is 64.3 Å². The third-order valence-corrected chi connectivity index (χ3v) is 4.79. The number of aryl methyl sites for hydroxylation is 1. The molecule has 0 radical (unpaired) electrons. The SMILES string of the molecule is Cc1ccc(/C(C#N)=C\c2ccc(OCC(=O)Nc3ccccc3)c(Br)c2)cc1.